The second-order valence-electron chi connectivity index (χ2n) is 4.41. The van der Waals surface area contributed by atoms with Crippen molar-refractivity contribution < 1.29 is 0 Å². The van der Waals surface area contributed by atoms with Gasteiger partial charge in [-0.15, -0.1) is 11.8 Å². The van der Waals surface area contributed by atoms with Crippen LogP contribution in [0.15, 0.2) is 45.8 Å². The SMILES string of the molecule is Cc1ccc(C)c(CSc2ccc(N)cc2Br)c1. The Bertz CT molecular complexity index is 566. The molecule has 0 unspecified atom stereocenters. The van der Waals surface area contributed by atoms with E-state index in [1.807, 2.05) is 23.9 Å². The van der Waals surface area contributed by atoms with Gasteiger partial charge in [0.1, 0.15) is 0 Å². The van der Waals surface area contributed by atoms with Crippen molar-refractivity contribution in [2.75, 3.05) is 5.73 Å². The average molecular weight is 322 g/mol. The monoisotopic (exact) mass is 321 g/mol. The first-order chi connectivity index (χ1) is 8.56. The maximum atomic E-state index is 5.74. The van der Waals surface area contributed by atoms with E-state index in [4.69, 9.17) is 5.73 Å². The van der Waals surface area contributed by atoms with E-state index >= 15 is 0 Å². The molecule has 0 fully saturated rings. The van der Waals surface area contributed by atoms with Crippen LogP contribution in [0, 0.1) is 13.8 Å². The maximum Gasteiger partial charge on any atom is 0.0331 e. The first-order valence-electron chi connectivity index (χ1n) is 5.80. The van der Waals surface area contributed by atoms with E-state index in [-0.39, 0.29) is 0 Å². The van der Waals surface area contributed by atoms with Crippen molar-refractivity contribution in [3.05, 3.63) is 57.6 Å². The Kier molecular flexibility index (Phi) is 4.36. The van der Waals surface area contributed by atoms with Gasteiger partial charge < -0.3 is 5.73 Å². The summed E-state index contributed by atoms with van der Waals surface area (Å²) in [5, 5.41) is 0. The molecule has 0 aliphatic heterocycles. The van der Waals surface area contributed by atoms with Crippen LogP contribution in [0.2, 0.25) is 0 Å². The molecule has 0 saturated carbocycles. The van der Waals surface area contributed by atoms with Crippen LogP contribution < -0.4 is 5.73 Å². The molecule has 0 aromatic heterocycles. The van der Waals surface area contributed by atoms with Crippen LogP contribution in [0.1, 0.15) is 16.7 Å². The Labute approximate surface area is 121 Å². The number of hydrogen-bond donors (Lipinski definition) is 1. The van der Waals surface area contributed by atoms with Crippen molar-refractivity contribution in [2.24, 2.45) is 0 Å². The van der Waals surface area contributed by atoms with Crippen LogP contribution in [0.4, 0.5) is 5.69 Å². The predicted octanol–water partition coefficient (Wildman–Crippen LogP) is 4.94. The van der Waals surface area contributed by atoms with Crippen LogP contribution in [0.3, 0.4) is 0 Å². The van der Waals surface area contributed by atoms with E-state index < -0.39 is 0 Å². The van der Waals surface area contributed by atoms with Crippen LogP contribution >= 0.6 is 27.7 Å². The lowest BCUT2D eigenvalue weighted by Crippen LogP contribution is -1.89. The Morgan fingerprint density at radius 2 is 1.89 bits per heavy atom. The number of halogens is 1. The molecule has 94 valence electrons. The first-order valence-corrected chi connectivity index (χ1v) is 7.58. The summed E-state index contributed by atoms with van der Waals surface area (Å²) in [7, 11) is 0. The number of aryl methyl sites for hydroxylation is 2. The summed E-state index contributed by atoms with van der Waals surface area (Å²) < 4.78 is 1.07. The maximum absolute atomic E-state index is 5.74. The van der Waals surface area contributed by atoms with E-state index in [0.29, 0.717) is 0 Å². The Morgan fingerprint density at radius 1 is 1.11 bits per heavy atom. The second-order valence-corrected chi connectivity index (χ2v) is 6.28. The van der Waals surface area contributed by atoms with Crippen LogP contribution in [-0.2, 0) is 5.75 Å². The quantitative estimate of drug-likeness (QED) is 0.640. The van der Waals surface area contributed by atoms with Gasteiger partial charge in [0.05, 0.1) is 0 Å². The minimum atomic E-state index is 0.790. The fraction of sp³-hybridized carbons (Fsp3) is 0.200. The van der Waals surface area contributed by atoms with Gasteiger partial charge in [-0.3, -0.25) is 0 Å². The van der Waals surface area contributed by atoms with Crippen molar-refractivity contribution in [1.82, 2.24) is 0 Å². The fourth-order valence-electron chi connectivity index (χ4n) is 1.75. The molecule has 1 nitrogen and oxygen atoms in total. The lowest BCUT2D eigenvalue weighted by atomic mass is 10.1. The summed E-state index contributed by atoms with van der Waals surface area (Å²) in [5.74, 6) is 0.982. The highest BCUT2D eigenvalue weighted by atomic mass is 79.9. The third-order valence-corrected chi connectivity index (χ3v) is 4.88. The minimum absolute atomic E-state index is 0.790. The molecule has 0 bridgehead atoms. The molecule has 0 atom stereocenters. The van der Waals surface area contributed by atoms with Crippen molar-refractivity contribution in [2.45, 2.75) is 24.5 Å². The number of thioether (sulfide) groups is 1. The Hall–Kier alpha value is -0.930. The molecule has 0 spiro atoms. The van der Waals surface area contributed by atoms with E-state index in [2.05, 4.69) is 54.0 Å². The second kappa shape index (κ2) is 5.81. The highest BCUT2D eigenvalue weighted by Gasteiger charge is 2.04. The number of benzene rings is 2. The zero-order valence-corrected chi connectivity index (χ0v) is 12.9. The first kappa shape index (κ1) is 13.5. The summed E-state index contributed by atoms with van der Waals surface area (Å²) in [6.45, 7) is 4.29. The fourth-order valence-corrected chi connectivity index (χ4v) is 3.47. The molecule has 2 aromatic rings. The number of nitrogen functional groups attached to an aromatic ring is 1. The molecule has 0 heterocycles. The molecule has 0 aliphatic rings. The topological polar surface area (TPSA) is 26.0 Å². The van der Waals surface area contributed by atoms with Crippen LogP contribution in [0.25, 0.3) is 0 Å². The smallest absolute Gasteiger partial charge is 0.0331 e. The number of hydrogen-bond acceptors (Lipinski definition) is 2. The van der Waals surface area contributed by atoms with Crippen LogP contribution in [-0.4, -0.2) is 0 Å². The van der Waals surface area contributed by atoms with Crippen molar-refractivity contribution in [3.8, 4) is 0 Å². The molecule has 0 aliphatic carbocycles. The number of nitrogens with two attached hydrogens (primary N) is 1. The van der Waals surface area contributed by atoms with E-state index in [1.54, 1.807) is 0 Å². The molecule has 18 heavy (non-hydrogen) atoms. The Morgan fingerprint density at radius 3 is 2.61 bits per heavy atom. The lowest BCUT2D eigenvalue weighted by molar-refractivity contribution is 1.27. The molecule has 2 aromatic carbocycles. The molecule has 2 N–H and O–H groups in total. The summed E-state index contributed by atoms with van der Waals surface area (Å²) in [5.41, 5.74) is 10.6. The highest BCUT2D eigenvalue weighted by molar-refractivity contribution is 9.10. The normalized spacial score (nSPS) is 10.6. The largest absolute Gasteiger partial charge is 0.399 e. The summed E-state index contributed by atoms with van der Waals surface area (Å²) in [4.78, 5) is 1.23. The van der Waals surface area contributed by atoms with Gasteiger partial charge in [-0.2, -0.15) is 0 Å². The molecule has 0 amide bonds. The zero-order valence-electron chi connectivity index (χ0n) is 10.5. The standard InChI is InChI=1S/C15H16BrNS/c1-10-3-4-11(2)12(7-10)9-18-15-6-5-13(17)8-14(15)16/h3-8H,9,17H2,1-2H3. The minimum Gasteiger partial charge on any atom is -0.399 e. The average Bonchev–Trinajstić information content (AvgIpc) is 2.32. The van der Waals surface area contributed by atoms with Gasteiger partial charge in [0.2, 0.25) is 0 Å². The lowest BCUT2D eigenvalue weighted by Gasteiger charge is -2.08. The molecular formula is C15H16BrNS. The van der Waals surface area contributed by atoms with Gasteiger partial charge in [0, 0.05) is 20.8 Å². The van der Waals surface area contributed by atoms with Gasteiger partial charge in [-0.05, 0) is 59.1 Å². The van der Waals surface area contributed by atoms with E-state index in [1.165, 1.54) is 21.6 Å². The Balaban J connectivity index is 2.13. The van der Waals surface area contributed by atoms with Gasteiger partial charge in [-0.25, -0.2) is 0 Å². The van der Waals surface area contributed by atoms with Crippen molar-refractivity contribution >= 4 is 33.4 Å². The van der Waals surface area contributed by atoms with E-state index in [0.717, 1.165) is 15.9 Å². The number of rotatable bonds is 3. The van der Waals surface area contributed by atoms with Crippen molar-refractivity contribution in [3.63, 3.8) is 0 Å². The van der Waals surface area contributed by atoms with Gasteiger partial charge in [0.15, 0.2) is 0 Å². The number of anilines is 1. The van der Waals surface area contributed by atoms with Gasteiger partial charge in [0.25, 0.3) is 0 Å². The third-order valence-electron chi connectivity index (χ3n) is 2.84. The van der Waals surface area contributed by atoms with Crippen molar-refractivity contribution in [1.29, 1.82) is 0 Å². The summed E-state index contributed by atoms with van der Waals surface area (Å²) in [6, 6.07) is 12.6. The zero-order chi connectivity index (χ0) is 13.1. The predicted molar refractivity (Wildman–Crippen MR) is 84.0 cm³/mol. The van der Waals surface area contributed by atoms with Gasteiger partial charge in [-0.1, -0.05) is 23.8 Å². The highest BCUT2D eigenvalue weighted by Crippen LogP contribution is 2.32. The molecule has 0 radical (unpaired) electrons. The molecule has 2 rings (SSSR count). The molecule has 0 saturated heterocycles. The summed E-state index contributed by atoms with van der Waals surface area (Å²) >= 11 is 5.38. The molecular weight excluding hydrogens is 306 g/mol. The van der Waals surface area contributed by atoms with Crippen LogP contribution in [0.5, 0.6) is 0 Å². The van der Waals surface area contributed by atoms with E-state index in [9.17, 15) is 0 Å². The van der Waals surface area contributed by atoms with Gasteiger partial charge >= 0.3 is 0 Å². The third kappa shape index (κ3) is 3.30. The summed E-state index contributed by atoms with van der Waals surface area (Å²) in [6.07, 6.45) is 0. The molecule has 3 heteroatoms.